The van der Waals surface area contributed by atoms with Crippen molar-refractivity contribution < 1.29 is 28.4 Å². The lowest BCUT2D eigenvalue weighted by atomic mass is 9.74. The molecule has 0 N–H and O–H groups in total. The van der Waals surface area contributed by atoms with Crippen LogP contribution in [0.3, 0.4) is 0 Å². The Morgan fingerprint density at radius 1 is 0.333 bits per heavy atom. The third-order valence-corrected chi connectivity index (χ3v) is 8.73. The summed E-state index contributed by atoms with van der Waals surface area (Å²) < 4.78 is 33.6. The second-order valence-corrected chi connectivity index (χ2v) is 12.7. The molecule has 0 amide bonds. The summed E-state index contributed by atoms with van der Waals surface area (Å²) in [5.74, 6) is 2.20. The third-order valence-electron chi connectivity index (χ3n) is 8.73. The van der Waals surface area contributed by atoms with Crippen LogP contribution in [0.5, 0.6) is 0 Å². The van der Waals surface area contributed by atoms with Crippen molar-refractivity contribution in [3.05, 3.63) is 0 Å². The van der Waals surface area contributed by atoms with Crippen LogP contribution in [0.25, 0.3) is 0 Å². The van der Waals surface area contributed by atoms with Gasteiger partial charge in [-0.05, 0) is 37.0 Å². The molecule has 0 bridgehead atoms. The standard InChI is InChI=1S/C27H45N3O6/c1-19(4-28(7-22-13-31-22)8-23-14-32-23)2-21(6-30(11-26-17-35-26)12-27-18-36-27)3-20(1)5-29(9-24-15-33-24)10-25-16-34-25/h19-27H,1-18H2. The third kappa shape index (κ3) is 8.32. The van der Waals surface area contributed by atoms with Gasteiger partial charge in [0.15, 0.2) is 0 Å². The van der Waals surface area contributed by atoms with Gasteiger partial charge in [-0.15, -0.1) is 0 Å². The number of nitrogens with zero attached hydrogens (tertiary/aromatic N) is 3. The fraction of sp³-hybridized carbons (Fsp3) is 1.00. The van der Waals surface area contributed by atoms with Crippen LogP contribution >= 0.6 is 0 Å². The fourth-order valence-electron chi connectivity index (χ4n) is 6.68. The first-order valence-electron chi connectivity index (χ1n) is 14.6. The highest BCUT2D eigenvalue weighted by molar-refractivity contribution is 4.90. The van der Waals surface area contributed by atoms with Crippen LogP contribution in [0.2, 0.25) is 0 Å². The molecule has 7 aliphatic rings. The van der Waals surface area contributed by atoms with Crippen molar-refractivity contribution in [1.29, 1.82) is 0 Å². The van der Waals surface area contributed by atoms with Gasteiger partial charge in [-0.1, -0.05) is 0 Å². The van der Waals surface area contributed by atoms with Gasteiger partial charge in [0.1, 0.15) is 0 Å². The molecule has 0 aromatic rings. The molecule has 7 rings (SSSR count). The monoisotopic (exact) mass is 507 g/mol. The van der Waals surface area contributed by atoms with E-state index >= 15 is 0 Å². The van der Waals surface area contributed by atoms with Gasteiger partial charge in [0.25, 0.3) is 0 Å². The maximum Gasteiger partial charge on any atom is 0.0936 e. The average Bonchev–Trinajstić information content (AvgIpc) is 3.58. The first-order chi connectivity index (χ1) is 17.7. The molecule has 1 aliphatic carbocycles. The molecule has 9 nitrogen and oxygen atoms in total. The number of ether oxygens (including phenoxy) is 6. The number of hydrogen-bond donors (Lipinski definition) is 0. The van der Waals surface area contributed by atoms with Gasteiger partial charge < -0.3 is 28.4 Å². The summed E-state index contributed by atoms with van der Waals surface area (Å²) in [6.45, 7) is 15.6. The van der Waals surface area contributed by atoms with Crippen molar-refractivity contribution in [1.82, 2.24) is 14.7 Å². The smallest absolute Gasteiger partial charge is 0.0936 e. The summed E-state index contributed by atoms with van der Waals surface area (Å²) in [4.78, 5) is 7.96. The van der Waals surface area contributed by atoms with Crippen LogP contribution in [0.15, 0.2) is 0 Å². The second-order valence-electron chi connectivity index (χ2n) is 12.7. The lowest BCUT2D eigenvalue weighted by Gasteiger charge is -2.40. The SMILES string of the molecule is C1C(CN(CC2CO2)CC2CO2)CC(CN(CC2CO2)CC2CO2)CC1CN(CC1CO1)CC1CO1. The molecule has 6 unspecified atom stereocenters. The molecule has 7 fully saturated rings. The topological polar surface area (TPSA) is 84.9 Å². The van der Waals surface area contributed by atoms with Crippen LogP contribution < -0.4 is 0 Å². The first-order valence-corrected chi connectivity index (χ1v) is 14.6. The fourth-order valence-corrected chi connectivity index (χ4v) is 6.68. The molecule has 9 heteroatoms. The van der Waals surface area contributed by atoms with Gasteiger partial charge in [-0.25, -0.2) is 0 Å². The lowest BCUT2D eigenvalue weighted by molar-refractivity contribution is 0.0797. The summed E-state index contributed by atoms with van der Waals surface area (Å²) in [5, 5.41) is 0. The minimum atomic E-state index is 0.444. The normalized spacial score (nSPS) is 42.2. The van der Waals surface area contributed by atoms with E-state index in [-0.39, 0.29) is 0 Å². The van der Waals surface area contributed by atoms with Gasteiger partial charge in [-0.2, -0.15) is 0 Å². The lowest BCUT2D eigenvalue weighted by Crippen LogP contribution is -2.44. The summed E-state index contributed by atoms with van der Waals surface area (Å²) in [6.07, 6.45) is 6.65. The zero-order valence-electron chi connectivity index (χ0n) is 21.7. The van der Waals surface area contributed by atoms with Gasteiger partial charge in [-0.3, -0.25) is 14.7 Å². The predicted molar refractivity (Wildman–Crippen MR) is 132 cm³/mol. The number of epoxide rings is 6. The Kier molecular flexibility index (Phi) is 7.55. The molecule has 6 saturated heterocycles. The molecule has 6 heterocycles. The van der Waals surface area contributed by atoms with Crippen molar-refractivity contribution in [2.75, 3.05) is 98.5 Å². The largest absolute Gasteiger partial charge is 0.372 e. The van der Waals surface area contributed by atoms with Gasteiger partial charge in [0.2, 0.25) is 0 Å². The van der Waals surface area contributed by atoms with E-state index in [1.165, 1.54) is 38.9 Å². The van der Waals surface area contributed by atoms with Crippen molar-refractivity contribution in [2.24, 2.45) is 17.8 Å². The van der Waals surface area contributed by atoms with Gasteiger partial charge in [0, 0.05) is 58.9 Å². The minimum Gasteiger partial charge on any atom is -0.372 e. The average molecular weight is 508 g/mol. The van der Waals surface area contributed by atoms with Crippen LogP contribution in [0.1, 0.15) is 19.3 Å². The minimum absolute atomic E-state index is 0.444. The molecule has 6 atom stereocenters. The van der Waals surface area contributed by atoms with E-state index in [2.05, 4.69) is 14.7 Å². The van der Waals surface area contributed by atoms with Crippen LogP contribution in [-0.4, -0.2) is 150 Å². The summed E-state index contributed by atoms with van der Waals surface area (Å²) >= 11 is 0. The van der Waals surface area contributed by atoms with Crippen LogP contribution in [0.4, 0.5) is 0 Å². The Hall–Kier alpha value is -0.360. The number of hydrogen-bond acceptors (Lipinski definition) is 9. The molecule has 0 radical (unpaired) electrons. The molecular formula is C27H45N3O6. The highest BCUT2D eigenvalue weighted by Gasteiger charge is 2.39. The molecule has 0 spiro atoms. The van der Waals surface area contributed by atoms with E-state index in [0.717, 1.165) is 96.7 Å². The molecular weight excluding hydrogens is 462 g/mol. The quantitative estimate of drug-likeness (QED) is 0.244. The molecule has 0 aromatic heterocycles. The molecule has 1 saturated carbocycles. The van der Waals surface area contributed by atoms with E-state index in [9.17, 15) is 0 Å². The van der Waals surface area contributed by atoms with E-state index in [1.807, 2.05) is 0 Å². The Labute approximate surface area is 215 Å². The Bertz CT molecular complexity index is 579. The van der Waals surface area contributed by atoms with E-state index in [0.29, 0.717) is 36.6 Å². The van der Waals surface area contributed by atoms with E-state index < -0.39 is 0 Å². The molecule has 36 heavy (non-hydrogen) atoms. The summed E-state index contributed by atoms with van der Waals surface area (Å²) in [7, 11) is 0. The molecule has 204 valence electrons. The van der Waals surface area contributed by atoms with Crippen LogP contribution in [-0.2, 0) is 28.4 Å². The van der Waals surface area contributed by atoms with Gasteiger partial charge >= 0.3 is 0 Å². The van der Waals surface area contributed by atoms with Gasteiger partial charge in [0.05, 0.1) is 76.3 Å². The molecule has 0 aromatic carbocycles. The Morgan fingerprint density at radius 3 is 0.694 bits per heavy atom. The van der Waals surface area contributed by atoms with Crippen molar-refractivity contribution in [3.8, 4) is 0 Å². The molecule has 6 aliphatic heterocycles. The number of rotatable bonds is 18. The first kappa shape index (κ1) is 24.7. The van der Waals surface area contributed by atoms with Crippen molar-refractivity contribution in [3.63, 3.8) is 0 Å². The zero-order chi connectivity index (χ0) is 23.9. The zero-order valence-corrected chi connectivity index (χ0v) is 21.7. The summed E-state index contributed by atoms with van der Waals surface area (Å²) in [5.41, 5.74) is 0. The Morgan fingerprint density at radius 2 is 0.528 bits per heavy atom. The highest BCUT2D eigenvalue weighted by Crippen LogP contribution is 2.36. The second kappa shape index (κ2) is 11.0. The van der Waals surface area contributed by atoms with Crippen molar-refractivity contribution in [2.45, 2.75) is 55.9 Å². The predicted octanol–water partition coefficient (Wildman–Crippen LogP) is 0.318. The van der Waals surface area contributed by atoms with E-state index in [4.69, 9.17) is 28.4 Å². The summed E-state index contributed by atoms with van der Waals surface area (Å²) in [6, 6.07) is 0. The highest BCUT2D eigenvalue weighted by atomic mass is 16.6. The van der Waals surface area contributed by atoms with Crippen LogP contribution in [0, 0.1) is 17.8 Å². The maximum absolute atomic E-state index is 5.61. The maximum atomic E-state index is 5.61. The van der Waals surface area contributed by atoms with Crippen molar-refractivity contribution >= 4 is 0 Å². The van der Waals surface area contributed by atoms with E-state index in [1.54, 1.807) is 0 Å². The Balaban J connectivity index is 1.00.